The summed E-state index contributed by atoms with van der Waals surface area (Å²) in [6, 6.07) is 12.5. The molecule has 0 radical (unpaired) electrons. The number of benzene rings is 2. The van der Waals surface area contributed by atoms with Gasteiger partial charge in [-0.2, -0.15) is 5.26 Å². The first-order valence-electron chi connectivity index (χ1n) is 9.63. The molecule has 154 valence electrons. The number of para-hydroxylation sites is 1. The van der Waals surface area contributed by atoms with Crippen LogP contribution in [0.5, 0.6) is 11.5 Å². The maximum atomic E-state index is 12.3. The minimum absolute atomic E-state index is 0.190. The normalized spacial score (nSPS) is 11.5. The Kier molecular flexibility index (Phi) is 6.76. The smallest absolute Gasteiger partial charge is 0.259 e. The van der Waals surface area contributed by atoms with E-state index in [9.17, 15) is 10.1 Å². The van der Waals surface area contributed by atoms with Gasteiger partial charge in [0.15, 0.2) is 17.3 Å². The highest BCUT2D eigenvalue weighted by atomic mass is 35.5. The molecule has 0 unspecified atom stereocenters. The number of fused-ring (bicyclic) bond motifs is 1. The molecule has 3 aromatic rings. The van der Waals surface area contributed by atoms with Gasteiger partial charge in [0.25, 0.3) is 5.56 Å². The van der Waals surface area contributed by atoms with Gasteiger partial charge in [-0.15, -0.1) is 0 Å². The zero-order valence-corrected chi connectivity index (χ0v) is 17.8. The third kappa shape index (κ3) is 4.81. The van der Waals surface area contributed by atoms with Gasteiger partial charge in [0.1, 0.15) is 6.07 Å². The van der Waals surface area contributed by atoms with Crippen LogP contribution in [0.25, 0.3) is 22.6 Å². The second-order valence-corrected chi connectivity index (χ2v) is 7.48. The summed E-state index contributed by atoms with van der Waals surface area (Å²) in [6.07, 6.45) is 1.60. The van der Waals surface area contributed by atoms with Crippen LogP contribution in [0.4, 0.5) is 0 Å². The van der Waals surface area contributed by atoms with Gasteiger partial charge in [-0.3, -0.25) is 4.79 Å². The molecular weight excluding hydrogens is 402 g/mol. The van der Waals surface area contributed by atoms with E-state index in [0.29, 0.717) is 52.1 Å². The largest absolute Gasteiger partial charge is 0.490 e. The molecule has 0 saturated carbocycles. The van der Waals surface area contributed by atoms with Gasteiger partial charge >= 0.3 is 0 Å². The molecule has 0 amide bonds. The molecule has 2 aromatic carbocycles. The number of aromatic amines is 1. The number of ether oxygens (including phenoxy) is 2. The maximum Gasteiger partial charge on any atom is 0.259 e. The van der Waals surface area contributed by atoms with Gasteiger partial charge in [-0.25, -0.2) is 4.98 Å². The van der Waals surface area contributed by atoms with E-state index >= 15 is 0 Å². The van der Waals surface area contributed by atoms with E-state index in [0.717, 1.165) is 0 Å². The van der Waals surface area contributed by atoms with Gasteiger partial charge in [0.05, 0.1) is 34.7 Å². The fraction of sp³-hybridized carbons (Fsp3) is 0.261. The Morgan fingerprint density at radius 3 is 2.77 bits per heavy atom. The summed E-state index contributed by atoms with van der Waals surface area (Å²) in [5, 5.41) is 10.5. The highest BCUT2D eigenvalue weighted by Crippen LogP contribution is 2.38. The molecule has 1 heterocycles. The lowest BCUT2D eigenvalue weighted by atomic mass is 10.1. The van der Waals surface area contributed by atoms with Crippen molar-refractivity contribution in [2.24, 2.45) is 5.92 Å². The third-order valence-corrected chi connectivity index (χ3v) is 4.47. The van der Waals surface area contributed by atoms with Crippen molar-refractivity contribution < 1.29 is 9.47 Å². The first kappa shape index (κ1) is 21.4. The molecule has 6 nitrogen and oxygen atoms in total. The fourth-order valence-electron chi connectivity index (χ4n) is 2.86. The van der Waals surface area contributed by atoms with E-state index in [1.807, 2.05) is 20.8 Å². The predicted molar refractivity (Wildman–Crippen MR) is 119 cm³/mol. The number of rotatable bonds is 7. The first-order chi connectivity index (χ1) is 14.4. The Morgan fingerprint density at radius 1 is 1.30 bits per heavy atom. The van der Waals surface area contributed by atoms with E-state index in [2.05, 4.69) is 16.0 Å². The molecule has 0 aliphatic heterocycles. The van der Waals surface area contributed by atoms with Crippen molar-refractivity contribution in [2.45, 2.75) is 20.8 Å². The topological polar surface area (TPSA) is 88.0 Å². The maximum absolute atomic E-state index is 12.3. The van der Waals surface area contributed by atoms with Gasteiger partial charge < -0.3 is 14.5 Å². The van der Waals surface area contributed by atoms with Gasteiger partial charge in [0, 0.05) is 0 Å². The van der Waals surface area contributed by atoms with Crippen LogP contribution in [0.1, 0.15) is 32.2 Å². The number of nitrogens with zero attached hydrogens (tertiary/aromatic N) is 2. The Bertz CT molecular complexity index is 1190. The molecule has 0 spiro atoms. The van der Waals surface area contributed by atoms with Gasteiger partial charge in [0.2, 0.25) is 0 Å². The first-order valence-corrected chi connectivity index (χ1v) is 10.0. The molecule has 1 N–H and O–H groups in total. The van der Waals surface area contributed by atoms with Crippen molar-refractivity contribution in [3.63, 3.8) is 0 Å². The molecule has 0 aliphatic rings. The van der Waals surface area contributed by atoms with Crippen molar-refractivity contribution in [1.82, 2.24) is 9.97 Å². The highest BCUT2D eigenvalue weighted by Gasteiger charge is 2.14. The van der Waals surface area contributed by atoms with Crippen molar-refractivity contribution in [3.8, 4) is 17.6 Å². The summed E-state index contributed by atoms with van der Waals surface area (Å²) in [4.78, 5) is 19.4. The summed E-state index contributed by atoms with van der Waals surface area (Å²) in [5.41, 5.74) is 1.05. The van der Waals surface area contributed by atoms with Crippen molar-refractivity contribution in [3.05, 3.63) is 63.2 Å². The Morgan fingerprint density at radius 2 is 2.07 bits per heavy atom. The van der Waals surface area contributed by atoms with E-state index in [4.69, 9.17) is 21.1 Å². The second-order valence-electron chi connectivity index (χ2n) is 7.07. The number of nitriles is 1. The molecule has 1 aromatic heterocycles. The Balaban J connectivity index is 2.06. The highest BCUT2D eigenvalue weighted by molar-refractivity contribution is 6.32. The lowest BCUT2D eigenvalue weighted by Crippen LogP contribution is -2.11. The minimum atomic E-state index is -0.303. The van der Waals surface area contributed by atoms with E-state index < -0.39 is 0 Å². The fourth-order valence-corrected chi connectivity index (χ4v) is 3.13. The minimum Gasteiger partial charge on any atom is -0.490 e. The standard InChI is InChI=1S/C23H22ClN3O3/c1-4-29-20-11-15(10-18(24)21(20)30-13-14(2)3)9-16(12-25)22-26-19-8-6-5-7-17(19)23(28)27-22/h5-11,14H,4,13H2,1-3H3,(H,26,27,28)/b16-9-. The molecule has 0 saturated heterocycles. The average Bonchev–Trinajstić information content (AvgIpc) is 2.71. The molecular formula is C23H22ClN3O3. The van der Waals surface area contributed by atoms with Crippen LogP contribution < -0.4 is 15.0 Å². The molecule has 7 heteroatoms. The molecule has 0 atom stereocenters. The zero-order valence-electron chi connectivity index (χ0n) is 17.0. The van der Waals surface area contributed by atoms with Crippen molar-refractivity contribution >= 4 is 34.2 Å². The summed E-state index contributed by atoms with van der Waals surface area (Å²) in [6.45, 7) is 6.89. The second kappa shape index (κ2) is 9.47. The summed E-state index contributed by atoms with van der Waals surface area (Å²) < 4.78 is 11.5. The van der Waals surface area contributed by atoms with Crippen LogP contribution in [-0.2, 0) is 0 Å². The number of aromatic nitrogens is 2. The monoisotopic (exact) mass is 423 g/mol. The number of halogens is 1. The van der Waals surface area contributed by atoms with Crippen LogP contribution >= 0.6 is 11.6 Å². The predicted octanol–water partition coefficient (Wildman–Crippen LogP) is 5.07. The van der Waals surface area contributed by atoms with Gasteiger partial charge in [-0.1, -0.05) is 37.6 Å². The lowest BCUT2D eigenvalue weighted by molar-refractivity contribution is 0.248. The quantitative estimate of drug-likeness (QED) is 0.535. The van der Waals surface area contributed by atoms with Crippen LogP contribution in [0.15, 0.2) is 41.2 Å². The van der Waals surface area contributed by atoms with Crippen LogP contribution in [0, 0.1) is 17.2 Å². The number of hydrogen-bond acceptors (Lipinski definition) is 5. The molecule has 0 aliphatic carbocycles. The van der Waals surface area contributed by atoms with E-state index in [1.54, 1.807) is 42.5 Å². The number of allylic oxidation sites excluding steroid dienone is 1. The van der Waals surface area contributed by atoms with Crippen LogP contribution in [0.3, 0.4) is 0 Å². The summed E-state index contributed by atoms with van der Waals surface area (Å²) >= 11 is 6.44. The number of H-pyrrole nitrogens is 1. The zero-order chi connectivity index (χ0) is 21.7. The number of nitrogens with one attached hydrogen (secondary N) is 1. The Labute approximate surface area is 179 Å². The van der Waals surface area contributed by atoms with Crippen LogP contribution in [0.2, 0.25) is 5.02 Å². The van der Waals surface area contributed by atoms with E-state index in [1.165, 1.54) is 0 Å². The van der Waals surface area contributed by atoms with Crippen LogP contribution in [-0.4, -0.2) is 23.2 Å². The molecule has 0 bridgehead atoms. The molecule has 0 fully saturated rings. The summed E-state index contributed by atoms with van der Waals surface area (Å²) in [7, 11) is 0. The summed E-state index contributed by atoms with van der Waals surface area (Å²) in [5.74, 6) is 1.49. The third-order valence-electron chi connectivity index (χ3n) is 4.19. The molecule has 3 rings (SSSR count). The van der Waals surface area contributed by atoms with Gasteiger partial charge in [-0.05, 0) is 48.7 Å². The van der Waals surface area contributed by atoms with Crippen molar-refractivity contribution in [1.29, 1.82) is 5.26 Å². The molecule has 30 heavy (non-hydrogen) atoms. The number of hydrogen-bond donors (Lipinski definition) is 1. The average molecular weight is 424 g/mol. The lowest BCUT2D eigenvalue weighted by Gasteiger charge is -2.15. The van der Waals surface area contributed by atoms with Crippen molar-refractivity contribution in [2.75, 3.05) is 13.2 Å². The SMILES string of the molecule is CCOc1cc(/C=C(/C#N)c2nc3ccccc3c(=O)[nH]2)cc(Cl)c1OCC(C)C. The Hall–Kier alpha value is -3.30. The van der Waals surface area contributed by atoms with E-state index in [-0.39, 0.29) is 17.0 Å².